The lowest BCUT2D eigenvalue weighted by Crippen LogP contribution is -2.38. The summed E-state index contributed by atoms with van der Waals surface area (Å²) in [5.74, 6) is 0. The Morgan fingerprint density at radius 3 is 2.89 bits per heavy atom. The number of pyridine rings is 1. The van der Waals surface area contributed by atoms with Crippen molar-refractivity contribution < 1.29 is 4.74 Å². The van der Waals surface area contributed by atoms with Crippen molar-refractivity contribution in [1.29, 1.82) is 0 Å². The summed E-state index contributed by atoms with van der Waals surface area (Å²) in [6.45, 7) is 4.46. The highest BCUT2D eigenvalue weighted by Gasteiger charge is 2.34. The van der Waals surface area contributed by atoms with E-state index >= 15 is 0 Å². The van der Waals surface area contributed by atoms with Crippen molar-refractivity contribution >= 4 is 0 Å². The topological polar surface area (TPSA) is 51.4 Å². The highest BCUT2D eigenvalue weighted by molar-refractivity contribution is 5.26. The van der Waals surface area contributed by atoms with Crippen LogP contribution in [-0.2, 0) is 4.74 Å². The highest BCUT2D eigenvalue weighted by atomic mass is 16.5. The molecule has 1 aliphatic rings. The molecule has 0 aliphatic heterocycles. The lowest BCUT2D eigenvalue weighted by molar-refractivity contribution is 0.115. The molecule has 1 heterocycles. The molecule has 0 spiro atoms. The van der Waals surface area contributed by atoms with Gasteiger partial charge in [-0.3, -0.25) is 9.88 Å². The summed E-state index contributed by atoms with van der Waals surface area (Å²) in [6.07, 6.45) is 6.34. The van der Waals surface area contributed by atoms with E-state index in [4.69, 9.17) is 10.5 Å². The molecule has 2 rings (SSSR count). The average molecular weight is 249 g/mol. The molecule has 0 bridgehead atoms. The minimum atomic E-state index is 0.265. The maximum Gasteiger partial charge on any atom is 0.0590 e. The van der Waals surface area contributed by atoms with Crippen LogP contribution in [0.1, 0.15) is 30.0 Å². The van der Waals surface area contributed by atoms with Crippen LogP contribution in [0.25, 0.3) is 0 Å². The van der Waals surface area contributed by atoms with Crippen LogP contribution in [0.5, 0.6) is 0 Å². The van der Waals surface area contributed by atoms with Gasteiger partial charge in [0.25, 0.3) is 0 Å². The molecule has 18 heavy (non-hydrogen) atoms. The van der Waals surface area contributed by atoms with Gasteiger partial charge in [0, 0.05) is 44.7 Å². The minimum Gasteiger partial charge on any atom is -0.383 e. The lowest BCUT2D eigenvalue weighted by Gasteiger charge is -2.31. The summed E-state index contributed by atoms with van der Waals surface area (Å²) in [4.78, 5) is 6.72. The first-order valence-electron chi connectivity index (χ1n) is 6.63. The second-order valence-corrected chi connectivity index (χ2v) is 4.95. The molecule has 1 aliphatic carbocycles. The van der Waals surface area contributed by atoms with Crippen LogP contribution >= 0.6 is 0 Å². The Balaban J connectivity index is 2.17. The number of aryl methyl sites for hydroxylation is 1. The fourth-order valence-electron chi connectivity index (χ4n) is 2.46. The molecule has 0 saturated heterocycles. The monoisotopic (exact) mass is 249 g/mol. The van der Waals surface area contributed by atoms with Crippen LogP contribution < -0.4 is 5.73 Å². The summed E-state index contributed by atoms with van der Waals surface area (Å²) in [5, 5.41) is 0. The number of methoxy groups -OCH3 is 1. The zero-order valence-electron chi connectivity index (χ0n) is 11.3. The normalized spacial score (nSPS) is 17.1. The van der Waals surface area contributed by atoms with E-state index in [2.05, 4.69) is 22.9 Å². The number of nitrogens with zero attached hydrogens (tertiary/aromatic N) is 2. The van der Waals surface area contributed by atoms with Crippen LogP contribution in [0.4, 0.5) is 0 Å². The van der Waals surface area contributed by atoms with Gasteiger partial charge >= 0.3 is 0 Å². The summed E-state index contributed by atoms with van der Waals surface area (Å²) in [6, 6.07) is 2.99. The molecule has 4 nitrogen and oxygen atoms in total. The lowest BCUT2D eigenvalue weighted by atomic mass is 10.0. The van der Waals surface area contributed by atoms with E-state index in [-0.39, 0.29) is 6.04 Å². The fraction of sp³-hybridized carbons (Fsp3) is 0.643. The molecule has 1 saturated carbocycles. The van der Waals surface area contributed by atoms with Gasteiger partial charge in [0.1, 0.15) is 0 Å². The number of hydrogen-bond donors (Lipinski definition) is 1. The van der Waals surface area contributed by atoms with Gasteiger partial charge in [0.15, 0.2) is 0 Å². The Kier molecular flexibility index (Phi) is 4.69. The van der Waals surface area contributed by atoms with E-state index in [0.717, 1.165) is 13.2 Å². The first-order valence-corrected chi connectivity index (χ1v) is 6.63. The molecule has 0 amide bonds. The zero-order chi connectivity index (χ0) is 13.0. The molecule has 0 aromatic carbocycles. The largest absolute Gasteiger partial charge is 0.383 e. The Morgan fingerprint density at radius 1 is 1.56 bits per heavy atom. The van der Waals surface area contributed by atoms with Crippen LogP contribution in [0.3, 0.4) is 0 Å². The second kappa shape index (κ2) is 6.27. The molecule has 1 atom stereocenters. The Bertz CT molecular complexity index is 379. The minimum absolute atomic E-state index is 0.265. The van der Waals surface area contributed by atoms with Crippen LogP contribution in [0.15, 0.2) is 18.5 Å². The van der Waals surface area contributed by atoms with Crippen molar-refractivity contribution in [3.05, 3.63) is 29.6 Å². The second-order valence-electron chi connectivity index (χ2n) is 4.95. The van der Waals surface area contributed by atoms with E-state index in [1.54, 1.807) is 7.11 Å². The molecule has 1 aromatic rings. The maximum atomic E-state index is 6.00. The molecule has 100 valence electrons. The van der Waals surface area contributed by atoms with Gasteiger partial charge in [-0.1, -0.05) is 0 Å². The van der Waals surface area contributed by atoms with Crippen molar-refractivity contribution in [2.75, 3.05) is 26.8 Å². The van der Waals surface area contributed by atoms with Crippen LogP contribution in [0.2, 0.25) is 0 Å². The number of ether oxygens (including phenoxy) is 1. The molecule has 4 heteroatoms. The summed E-state index contributed by atoms with van der Waals surface area (Å²) >= 11 is 0. The molecule has 1 unspecified atom stereocenters. The summed E-state index contributed by atoms with van der Waals surface area (Å²) in [7, 11) is 1.75. The van der Waals surface area contributed by atoms with Crippen LogP contribution in [-0.4, -0.2) is 42.7 Å². The maximum absolute atomic E-state index is 6.00. The molecule has 0 radical (unpaired) electrons. The van der Waals surface area contributed by atoms with Gasteiger partial charge in [-0.2, -0.15) is 0 Å². The molecular formula is C14H23N3O. The van der Waals surface area contributed by atoms with Gasteiger partial charge in [-0.05, 0) is 37.0 Å². The van der Waals surface area contributed by atoms with Gasteiger partial charge in [0.05, 0.1) is 6.61 Å². The summed E-state index contributed by atoms with van der Waals surface area (Å²) < 4.78 is 5.21. The summed E-state index contributed by atoms with van der Waals surface area (Å²) in [5.41, 5.74) is 8.52. The quantitative estimate of drug-likeness (QED) is 0.795. The number of aromatic nitrogens is 1. The van der Waals surface area contributed by atoms with Gasteiger partial charge in [-0.25, -0.2) is 0 Å². The Labute approximate surface area is 109 Å². The van der Waals surface area contributed by atoms with Crippen molar-refractivity contribution in [2.24, 2.45) is 5.73 Å². The van der Waals surface area contributed by atoms with E-state index in [9.17, 15) is 0 Å². The number of hydrogen-bond acceptors (Lipinski definition) is 4. The van der Waals surface area contributed by atoms with Crippen molar-refractivity contribution in [3.8, 4) is 0 Å². The van der Waals surface area contributed by atoms with Gasteiger partial charge in [-0.15, -0.1) is 0 Å². The predicted octanol–water partition coefficient (Wildman–Crippen LogP) is 1.50. The number of nitrogens with two attached hydrogens (primary N) is 1. The van der Waals surface area contributed by atoms with E-state index < -0.39 is 0 Å². The third kappa shape index (κ3) is 3.07. The van der Waals surface area contributed by atoms with Crippen molar-refractivity contribution in [1.82, 2.24) is 9.88 Å². The van der Waals surface area contributed by atoms with E-state index in [1.165, 1.54) is 24.0 Å². The van der Waals surface area contributed by atoms with E-state index in [0.29, 0.717) is 12.6 Å². The van der Waals surface area contributed by atoms with Gasteiger partial charge in [0.2, 0.25) is 0 Å². The average Bonchev–Trinajstić information content (AvgIpc) is 3.20. The molecule has 2 N–H and O–H groups in total. The SMILES string of the molecule is COCCN(C1CC1)C(CN)c1cnccc1C. The third-order valence-electron chi connectivity index (χ3n) is 3.63. The molecule has 1 aromatic heterocycles. The zero-order valence-corrected chi connectivity index (χ0v) is 11.3. The third-order valence-corrected chi connectivity index (χ3v) is 3.63. The molecule has 1 fully saturated rings. The van der Waals surface area contributed by atoms with Gasteiger partial charge < -0.3 is 10.5 Å². The standard InChI is InChI=1S/C14H23N3O/c1-11-5-6-16-10-13(11)14(9-15)17(7-8-18-2)12-3-4-12/h5-6,10,12,14H,3-4,7-9,15H2,1-2H3. The van der Waals surface area contributed by atoms with E-state index in [1.807, 2.05) is 12.4 Å². The fourth-order valence-corrected chi connectivity index (χ4v) is 2.46. The first-order chi connectivity index (χ1) is 8.77. The predicted molar refractivity (Wildman–Crippen MR) is 72.4 cm³/mol. The molecular weight excluding hydrogens is 226 g/mol. The van der Waals surface area contributed by atoms with Crippen molar-refractivity contribution in [3.63, 3.8) is 0 Å². The Morgan fingerprint density at radius 2 is 2.33 bits per heavy atom. The van der Waals surface area contributed by atoms with Crippen LogP contribution in [0, 0.1) is 6.92 Å². The smallest absolute Gasteiger partial charge is 0.0590 e. The Hall–Kier alpha value is -0.970. The van der Waals surface area contributed by atoms with Crippen molar-refractivity contribution in [2.45, 2.75) is 31.8 Å². The highest BCUT2D eigenvalue weighted by Crippen LogP contribution is 2.34. The number of rotatable bonds is 7. The first kappa shape index (κ1) is 13.5.